The van der Waals surface area contributed by atoms with Crippen molar-refractivity contribution >= 4 is 29.6 Å². The van der Waals surface area contributed by atoms with Crippen LogP contribution >= 0.6 is 0 Å². The molecule has 4 aliphatic rings. The van der Waals surface area contributed by atoms with E-state index in [0.717, 1.165) is 51.4 Å². The third-order valence-electron chi connectivity index (χ3n) is 9.64. The Bertz CT molecular complexity index is 971. The fourth-order valence-corrected chi connectivity index (χ4v) is 6.97. The molecular weight excluding hydrogens is 500 g/mol. The van der Waals surface area contributed by atoms with Crippen molar-refractivity contribution in [3.8, 4) is 0 Å². The van der Waals surface area contributed by atoms with Gasteiger partial charge in [-0.15, -0.1) is 0 Å². The van der Waals surface area contributed by atoms with Crippen molar-refractivity contribution in [3.63, 3.8) is 0 Å². The second kappa shape index (κ2) is 11.8. The Kier molecular flexibility index (Phi) is 8.91. The number of nitrogens with one attached hydrogen (secondary N) is 2. The predicted octanol–water partition coefficient (Wildman–Crippen LogP) is 2.53. The number of carbonyl (C=O) groups excluding carboxylic acids is 5. The van der Waals surface area contributed by atoms with Gasteiger partial charge in [0, 0.05) is 6.54 Å². The van der Waals surface area contributed by atoms with Gasteiger partial charge in [-0.1, -0.05) is 66.2 Å². The van der Waals surface area contributed by atoms with Gasteiger partial charge in [0.2, 0.25) is 17.6 Å². The summed E-state index contributed by atoms with van der Waals surface area (Å²) in [7, 11) is 0. The SMILES string of the molecule is CC(C)COC(=O)NC(C(=O)N1CC2C(C1C(=O)NC(CC1CCC1)C(=O)C(N)=O)C2(C)C)C1CCCCC1. The number of fused-ring (bicyclic) bond motifs is 1. The molecule has 0 aromatic heterocycles. The highest BCUT2D eigenvalue weighted by Crippen LogP contribution is 2.65. The van der Waals surface area contributed by atoms with E-state index < -0.39 is 41.8 Å². The second-order valence-corrected chi connectivity index (χ2v) is 13.2. The van der Waals surface area contributed by atoms with Gasteiger partial charge in [0.25, 0.3) is 5.91 Å². The minimum absolute atomic E-state index is 0.0331. The Balaban J connectivity index is 1.53. The van der Waals surface area contributed by atoms with E-state index in [1.54, 1.807) is 4.90 Å². The van der Waals surface area contributed by atoms with Gasteiger partial charge in [-0.25, -0.2) is 4.79 Å². The Morgan fingerprint density at radius 3 is 2.21 bits per heavy atom. The van der Waals surface area contributed by atoms with Crippen LogP contribution in [0.25, 0.3) is 0 Å². The summed E-state index contributed by atoms with van der Waals surface area (Å²) in [6, 6.07) is -2.54. The Morgan fingerprint density at radius 2 is 1.64 bits per heavy atom. The van der Waals surface area contributed by atoms with Crippen LogP contribution in [-0.4, -0.2) is 65.8 Å². The molecule has 218 valence electrons. The monoisotopic (exact) mass is 546 g/mol. The molecule has 4 fully saturated rings. The lowest BCUT2D eigenvalue weighted by atomic mass is 9.80. The van der Waals surface area contributed by atoms with Crippen molar-refractivity contribution in [2.45, 2.75) is 104 Å². The molecule has 1 saturated heterocycles. The van der Waals surface area contributed by atoms with Gasteiger partial charge < -0.3 is 26.0 Å². The number of carbonyl (C=O) groups is 5. The molecule has 4 rings (SSSR count). The van der Waals surface area contributed by atoms with Gasteiger partial charge >= 0.3 is 6.09 Å². The molecule has 3 aliphatic carbocycles. The molecule has 4 N–H and O–H groups in total. The summed E-state index contributed by atoms with van der Waals surface area (Å²) in [6.45, 7) is 8.73. The lowest BCUT2D eigenvalue weighted by Gasteiger charge is -2.37. The van der Waals surface area contributed by atoms with E-state index in [0.29, 0.717) is 13.0 Å². The van der Waals surface area contributed by atoms with Crippen LogP contribution in [-0.2, 0) is 23.9 Å². The Labute approximate surface area is 231 Å². The number of hydrogen-bond acceptors (Lipinski definition) is 6. The largest absolute Gasteiger partial charge is 0.449 e. The fraction of sp³-hybridized carbons (Fsp3) is 0.828. The van der Waals surface area contributed by atoms with E-state index in [2.05, 4.69) is 24.5 Å². The average molecular weight is 547 g/mol. The standard InChI is InChI=1S/C29H46N4O6/c1-16(2)15-39-28(38)32-22(18-11-6-5-7-12-18)27(37)33-14-19-21(29(19,3)4)23(33)26(36)31-20(24(34)25(30)35)13-17-9-8-10-17/h16-23H,5-15H2,1-4H3,(H2,30,35)(H,31,36)(H,32,38). The maximum Gasteiger partial charge on any atom is 0.407 e. The van der Waals surface area contributed by atoms with Crippen LogP contribution < -0.4 is 16.4 Å². The summed E-state index contributed by atoms with van der Waals surface area (Å²) in [5.74, 6) is -2.08. The molecule has 5 atom stereocenters. The van der Waals surface area contributed by atoms with Crippen molar-refractivity contribution in [1.82, 2.24) is 15.5 Å². The van der Waals surface area contributed by atoms with E-state index >= 15 is 0 Å². The van der Waals surface area contributed by atoms with E-state index in [9.17, 15) is 24.0 Å². The van der Waals surface area contributed by atoms with Crippen molar-refractivity contribution < 1.29 is 28.7 Å². The first-order chi connectivity index (χ1) is 18.4. The lowest BCUT2D eigenvalue weighted by Crippen LogP contribution is -2.59. The van der Waals surface area contributed by atoms with E-state index in [-0.39, 0.29) is 47.5 Å². The van der Waals surface area contributed by atoms with Crippen LogP contribution in [0.5, 0.6) is 0 Å². The number of Topliss-reactive ketones (excluding diaryl/α,β-unsaturated/α-hetero) is 1. The minimum Gasteiger partial charge on any atom is -0.449 e. The van der Waals surface area contributed by atoms with Crippen LogP contribution in [0, 0.1) is 35.0 Å². The molecule has 3 saturated carbocycles. The molecule has 10 nitrogen and oxygen atoms in total. The van der Waals surface area contributed by atoms with Crippen molar-refractivity contribution in [2.24, 2.45) is 40.7 Å². The average Bonchev–Trinajstić information content (AvgIpc) is 3.19. The molecule has 0 aromatic carbocycles. The lowest BCUT2D eigenvalue weighted by molar-refractivity contribution is -0.144. The van der Waals surface area contributed by atoms with E-state index in [1.807, 2.05) is 13.8 Å². The number of amides is 4. The molecular formula is C29H46N4O6. The number of ketones is 1. The number of hydrogen-bond donors (Lipinski definition) is 3. The summed E-state index contributed by atoms with van der Waals surface area (Å²) >= 11 is 0. The summed E-state index contributed by atoms with van der Waals surface area (Å²) in [6.07, 6.45) is 7.42. The summed E-state index contributed by atoms with van der Waals surface area (Å²) in [4.78, 5) is 66.5. The maximum atomic E-state index is 14.1. The Morgan fingerprint density at radius 1 is 0.974 bits per heavy atom. The topological polar surface area (TPSA) is 148 Å². The van der Waals surface area contributed by atoms with Crippen molar-refractivity contribution in [3.05, 3.63) is 0 Å². The second-order valence-electron chi connectivity index (χ2n) is 13.2. The van der Waals surface area contributed by atoms with Gasteiger partial charge in [0.1, 0.15) is 12.1 Å². The van der Waals surface area contributed by atoms with Crippen LogP contribution in [0.2, 0.25) is 0 Å². The molecule has 5 unspecified atom stereocenters. The quantitative estimate of drug-likeness (QED) is 0.339. The van der Waals surface area contributed by atoms with E-state index in [4.69, 9.17) is 10.5 Å². The van der Waals surface area contributed by atoms with Crippen molar-refractivity contribution in [2.75, 3.05) is 13.2 Å². The number of piperidine rings is 1. The van der Waals surface area contributed by atoms with Crippen LogP contribution in [0.3, 0.4) is 0 Å². The zero-order valence-corrected chi connectivity index (χ0v) is 23.9. The fourth-order valence-electron chi connectivity index (χ4n) is 6.97. The van der Waals surface area contributed by atoms with E-state index in [1.165, 1.54) is 0 Å². The minimum atomic E-state index is -1.06. The number of alkyl carbamates (subject to hydrolysis) is 1. The third-order valence-corrected chi connectivity index (χ3v) is 9.64. The number of nitrogens with two attached hydrogens (primary N) is 1. The van der Waals surface area contributed by atoms with Gasteiger partial charge in [0.05, 0.1) is 12.6 Å². The third kappa shape index (κ3) is 6.40. The van der Waals surface area contributed by atoms with Crippen LogP contribution in [0.4, 0.5) is 4.79 Å². The zero-order chi connectivity index (χ0) is 28.5. The molecule has 0 spiro atoms. The number of rotatable bonds is 11. The molecule has 39 heavy (non-hydrogen) atoms. The number of likely N-dealkylation sites (tertiary alicyclic amines) is 1. The summed E-state index contributed by atoms with van der Waals surface area (Å²) < 4.78 is 5.35. The van der Waals surface area contributed by atoms with Crippen LogP contribution in [0.1, 0.15) is 85.5 Å². The molecule has 1 aliphatic heterocycles. The van der Waals surface area contributed by atoms with Gasteiger partial charge in [-0.2, -0.15) is 0 Å². The molecule has 0 bridgehead atoms. The first-order valence-corrected chi connectivity index (χ1v) is 14.8. The zero-order valence-electron chi connectivity index (χ0n) is 23.9. The highest BCUT2D eigenvalue weighted by atomic mass is 16.5. The molecule has 4 amide bonds. The van der Waals surface area contributed by atoms with Gasteiger partial charge in [-0.05, 0) is 54.3 Å². The number of primary amides is 1. The first-order valence-electron chi connectivity index (χ1n) is 14.8. The Hall–Kier alpha value is -2.65. The van der Waals surface area contributed by atoms with Gasteiger partial charge in [-0.3, -0.25) is 19.2 Å². The highest BCUT2D eigenvalue weighted by Gasteiger charge is 2.69. The number of nitrogens with zero attached hydrogens (tertiary/aromatic N) is 1. The normalized spacial score (nSPS) is 27.6. The maximum absolute atomic E-state index is 14.1. The number of ether oxygens (including phenoxy) is 1. The predicted molar refractivity (Wildman–Crippen MR) is 144 cm³/mol. The first kappa shape index (κ1) is 29.3. The van der Waals surface area contributed by atoms with Gasteiger partial charge in [0.15, 0.2) is 0 Å². The summed E-state index contributed by atoms with van der Waals surface area (Å²) in [5, 5.41) is 5.66. The molecule has 1 heterocycles. The smallest absolute Gasteiger partial charge is 0.407 e. The summed E-state index contributed by atoms with van der Waals surface area (Å²) in [5.41, 5.74) is 5.19. The molecule has 10 heteroatoms. The van der Waals surface area contributed by atoms with Crippen LogP contribution in [0.15, 0.2) is 0 Å². The van der Waals surface area contributed by atoms with Crippen molar-refractivity contribution in [1.29, 1.82) is 0 Å². The highest BCUT2D eigenvalue weighted by molar-refractivity contribution is 6.37. The molecule has 0 radical (unpaired) electrons. The molecule has 0 aromatic rings.